The van der Waals surface area contributed by atoms with Crippen LogP contribution in [-0.2, 0) is 20.7 Å². The van der Waals surface area contributed by atoms with Crippen molar-refractivity contribution in [2.75, 3.05) is 6.61 Å². The van der Waals surface area contributed by atoms with E-state index in [1.807, 2.05) is 20.8 Å². The van der Waals surface area contributed by atoms with E-state index in [9.17, 15) is 17.9 Å². The molecule has 0 bridgehead atoms. The Balaban J connectivity index is 1.75. The van der Waals surface area contributed by atoms with Crippen LogP contribution in [-0.4, -0.2) is 25.7 Å². The Bertz CT molecular complexity index is 938. The van der Waals surface area contributed by atoms with Crippen molar-refractivity contribution in [1.29, 1.82) is 0 Å². The van der Waals surface area contributed by atoms with Gasteiger partial charge in [-0.1, -0.05) is 37.6 Å². The molecule has 0 aliphatic heterocycles. The second-order valence-corrected chi connectivity index (χ2v) is 9.62. The predicted molar refractivity (Wildman–Crippen MR) is 106 cm³/mol. The van der Waals surface area contributed by atoms with Gasteiger partial charge in [0, 0.05) is 12.3 Å². The minimum absolute atomic E-state index is 0.105. The summed E-state index contributed by atoms with van der Waals surface area (Å²) in [7, 11) is -3.87. The van der Waals surface area contributed by atoms with Crippen LogP contribution in [0.15, 0.2) is 47.4 Å². The van der Waals surface area contributed by atoms with Crippen molar-refractivity contribution in [2.45, 2.75) is 56.4 Å². The van der Waals surface area contributed by atoms with Gasteiger partial charge in [0.2, 0.25) is 0 Å². The van der Waals surface area contributed by atoms with Crippen LogP contribution in [0.4, 0.5) is 4.39 Å². The quantitative estimate of drug-likeness (QED) is 0.725. The standard InChI is InChI=1S/C22H27FO4S/c1-15(2)21-20-9-6-18(23)14-17(20)10-11-22(21,24)12-13-27-28(25,26)19-7-4-16(3)5-8-19/h4-9,14-15,21,24H,10-13H2,1-3H3/t21-,22+/m0/s1. The van der Waals surface area contributed by atoms with Gasteiger partial charge in [-0.25, -0.2) is 4.39 Å². The first-order chi connectivity index (χ1) is 13.1. The van der Waals surface area contributed by atoms with Crippen molar-refractivity contribution in [2.24, 2.45) is 5.92 Å². The maximum absolute atomic E-state index is 13.6. The van der Waals surface area contributed by atoms with Gasteiger partial charge in [-0.15, -0.1) is 0 Å². The normalized spacial score (nSPS) is 22.3. The maximum Gasteiger partial charge on any atom is 0.296 e. The lowest BCUT2D eigenvalue weighted by molar-refractivity contribution is -0.0328. The minimum atomic E-state index is -3.87. The van der Waals surface area contributed by atoms with E-state index >= 15 is 0 Å². The number of hydrogen-bond acceptors (Lipinski definition) is 4. The fraction of sp³-hybridized carbons (Fsp3) is 0.455. The van der Waals surface area contributed by atoms with Crippen LogP contribution in [0.1, 0.15) is 49.3 Å². The molecule has 2 aromatic carbocycles. The third-order valence-corrected chi connectivity index (χ3v) is 6.92. The molecule has 0 saturated heterocycles. The lowest BCUT2D eigenvalue weighted by Gasteiger charge is -2.43. The molecule has 0 unspecified atom stereocenters. The minimum Gasteiger partial charge on any atom is -0.389 e. The van der Waals surface area contributed by atoms with E-state index in [4.69, 9.17) is 4.18 Å². The molecule has 2 atom stereocenters. The number of rotatable bonds is 6. The van der Waals surface area contributed by atoms with Gasteiger partial charge in [-0.3, -0.25) is 4.18 Å². The topological polar surface area (TPSA) is 63.6 Å². The highest BCUT2D eigenvalue weighted by molar-refractivity contribution is 7.86. The first-order valence-electron chi connectivity index (χ1n) is 9.59. The third kappa shape index (κ3) is 4.29. The molecule has 0 heterocycles. The van der Waals surface area contributed by atoms with Crippen molar-refractivity contribution >= 4 is 10.1 Å². The van der Waals surface area contributed by atoms with Crippen LogP contribution in [0.25, 0.3) is 0 Å². The summed E-state index contributed by atoms with van der Waals surface area (Å²) in [5.74, 6) is -0.370. The number of aryl methyl sites for hydroxylation is 2. The average Bonchev–Trinajstić information content (AvgIpc) is 2.61. The molecule has 1 N–H and O–H groups in total. The zero-order valence-electron chi connectivity index (χ0n) is 16.5. The first kappa shape index (κ1) is 21.0. The van der Waals surface area contributed by atoms with Crippen LogP contribution in [0.2, 0.25) is 0 Å². The Labute approximate surface area is 166 Å². The van der Waals surface area contributed by atoms with Gasteiger partial charge in [0.15, 0.2) is 0 Å². The van der Waals surface area contributed by atoms with Gasteiger partial charge >= 0.3 is 0 Å². The van der Waals surface area contributed by atoms with Crippen LogP contribution < -0.4 is 0 Å². The molecule has 1 aliphatic rings. The van der Waals surface area contributed by atoms with Gasteiger partial charge in [0.1, 0.15) is 5.82 Å². The maximum atomic E-state index is 13.6. The van der Waals surface area contributed by atoms with E-state index in [-0.39, 0.29) is 35.6 Å². The monoisotopic (exact) mass is 406 g/mol. The summed E-state index contributed by atoms with van der Waals surface area (Å²) in [6, 6.07) is 11.2. The van der Waals surface area contributed by atoms with Gasteiger partial charge < -0.3 is 5.11 Å². The third-order valence-electron chi connectivity index (χ3n) is 5.60. The summed E-state index contributed by atoms with van der Waals surface area (Å²) < 4.78 is 43.6. The second kappa shape index (κ2) is 7.93. The molecule has 3 rings (SSSR count). The smallest absolute Gasteiger partial charge is 0.296 e. The highest BCUT2D eigenvalue weighted by Gasteiger charge is 2.43. The molecule has 1 aliphatic carbocycles. The first-order valence-corrected chi connectivity index (χ1v) is 11.0. The van der Waals surface area contributed by atoms with Crippen molar-refractivity contribution in [3.8, 4) is 0 Å². The van der Waals surface area contributed by atoms with Crippen molar-refractivity contribution in [3.05, 3.63) is 65.0 Å². The summed E-state index contributed by atoms with van der Waals surface area (Å²) >= 11 is 0. The molecule has 4 nitrogen and oxygen atoms in total. The van der Waals surface area contributed by atoms with Gasteiger partial charge in [-0.2, -0.15) is 8.42 Å². The Morgan fingerprint density at radius 3 is 2.54 bits per heavy atom. The Kier molecular flexibility index (Phi) is 5.94. The molecule has 0 aromatic heterocycles. The molecular formula is C22H27FO4S. The summed E-state index contributed by atoms with van der Waals surface area (Å²) in [5, 5.41) is 11.4. The van der Waals surface area contributed by atoms with E-state index in [0.29, 0.717) is 12.8 Å². The number of aliphatic hydroxyl groups is 1. The lowest BCUT2D eigenvalue weighted by Crippen LogP contribution is -2.44. The summed E-state index contributed by atoms with van der Waals surface area (Å²) in [6.07, 6.45) is 1.19. The zero-order chi connectivity index (χ0) is 20.5. The van der Waals surface area contributed by atoms with Crippen molar-refractivity contribution < 1.29 is 22.1 Å². The van der Waals surface area contributed by atoms with Crippen molar-refractivity contribution in [1.82, 2.24) is 0 Å². The molecule has 0 saturated carbocycles. The summed E-state index contributed by atoms with van der Waals surface area (Å²) in [6.45, 7) is 5.80. The number of hydrogen-bond donors (Lipinski definition) is 1. The van der Waals surface area contributed by atoms with Crippen LogP contribution in [0.5, 0.6) is 0 Å². The van der Waals surface area contributed by atoms with Gasteiger partial charge in [0.05, 0.1) is 17.1 Å². The number of halogens is 1. The Hall–Kier alpha value is -1.76. The molecule has 152 valence electrons. The molecule has 0 radical (unpaired) electrons. The van der Waals surface area contributed by atoms with Gasteiger partial charge in [0.25, 0.3) is 10.1 Å². The van der Waals surface area contributed by atoms with E-state index < -0.39 is 15.7 Å². The average molecular weight is 407 g/mol. The molecule has 2 aromatic rings. The largest absolute Gasteiger partial charge is 0.389 e. The molecular weight excluding hydrogens is 379 g/mol. The molecule has 28 heavy (non-hydrogen) atoms. The Morgan fingerprint density at radius 2 is 1.89 bits per heavy atom. The highest BCUT2D eigenvalue weighted by atomic mass is 32.2. The molecule has 0 fully saturated rings. The van der Waals surface area contributed by atoms with Crippen LogP contribution in [0, 0.1) is 18.7 Å². The van der Waals surface area contributed by atoms with Crippen LogP contribution >= 0.6 is 0 Å². The fourth-order valence-electron chi connectivity index (χ4n) is 4.25. The molecule has 0 spiro atoms. The lowest BCUT2D eigenvalue weighted by atomic mass is 9.66. The second-order valence-electron chi connectivity index (χ2n) is 8.01. The van der Waals surface area contributed by atoms with E-state index in [0.717, 1.165) is 16.7 Å². The van der Waals surface area contributed by atoms with E-state index in [1.54, 1.807) is 18.2 Å². The van der Waals surface area contributed by atoms with Crippen molar-refractivity contribution in [3.63, 3.8) is 0 Å². The van der Waals surface area contributed by atoms with E-state index in [2.05, 4.69) is 0 Å². The predicted octanol–water partition coefficient (Wildman–Crippen LogP) is 4.35. The number of benzene rings is 2. The highest BCUT2D eigenvalue weighted by Crippen LogP contribution is 2.45. The van der Waals surface area contributed by atoms with Crippen LogP contribution in [0.3, 0.4) is 0 Å². The fourth-order valence-corrected chi connectivity index (χ4v) is 5.16. The summed E-state index contributed by atoms with van der Waals surface area (Å²) in [5.41, 5.74) is 1.72. The molecule has 0 amide bonds. The summed E-state index contributed by atoms with van der Waals surface area (Å²) in [4.78, 5) is 0.106. The van der Waals surface area contributed by atoms with Gasteiger partial charge in [-0.05, 0) is 61.1 Å². The molecule has 6 heteroatoms. The number of fused-ring (bicyclic) bond motifs is 1. The zero-order valence-corrected chi connectivity index (χ0v) is 17.3. The van der Waals surface area contributed by atoms with E-state index in [1.165, 1.54) is 24.3 Å². The SMILES string of the molecule is Cc1ccc(S(=O)(=O)OCC[C@]2(O)CCc3cc(F)ccc3[C@@H]2C(C)C)cc1. The Morgan fingerprint density at radius 1 is 1.21 bits per heavy atom.